The third-order valence-electron chi connectivity index (χ3n) is 6.79. The number of halogens is 1. The molecule has 0 atom stereocenters. The van der Waals surface area contributed by atoms with Crippen molar-refractivity contribution in [3.63, 3.8) is 0 Å². The van der Waals surface area contributed by atoms with Gasteiger partial charge in [-0.25, -0.2) is 19.9 Å². The van der Waals surface area contributed by atoms with Crippen LogP contribution in [0.5, 0.6) is 11.5 Å². The van der Waals surface area contributed by atoms with E-state index in [9.17, 15) is 4.79 Å². The lowest BCUT2D eigenvalue weighted by atomic mass is 9.90. The van der Waals surface area contributed by atoms with E-state index in [0.29, 0.717) is 56.1 Å². The van der Waals surface area contributed by atoms with Crippen LogP contribution in [0.1, 0.15) is 21.7 Å². The smallest absolute Gasteiger partial charge is 0.258 e. The van der Waals surface area contributed by atoms with Crippen LogP contribution < -0.4 is 30.9 Å². The number of nitrogens with zero attached hydrogens (tertiary/aromatic N) is 5. The Morgan fingerprint density at radius 1 is 1.14 bits per heavy atom. The van der Waals surface area contributed by atoms with Crippen LogP contribution in [0.3, 0.4) is 0 Å². The molecule has 4 aromatic rings. The summed E-state index contributed by atoms with van der Waals surface area (Å²) in [6.07, 6.45) is 1.40. The predicted octanol–water partition coefficient (Wildman–Crippen LogP) is 3.30. The number of fused-ring (bicyclic) bond motifs is 1. The van der Waals surface area contributed by atoms with Gasteiger partial charge in [-0.15, -0.1) is 11.3 Å². The number of nitrogens with one attached hydrogen (secondary N) is 3. The Morgan fingerprint density at radius 2 is 1.88 bits per heavy atom. The summed E-state index contributed by atoms with van der Waals surface area (Å²) in [6.45, 7) is 8.59. The molecule has 1 saturated heterocycles. The van der Waals surface area contributed by atoms with Crippen LogP contribution in [0.2, 0.25) is 5.02 Å². The van der Waals surface area contributed by atoms with Crippen molar-refractivity contribution in [2.45, 2.75) is 13.8 Å². The Morgan fingerprint density at radius 3 is 2.62 bits per heavy atom. The Bertz CT molecular complexity index is 1580. The van der Waals surface area contributed by atoms with Gasteiger partial charge in [0.05, 0.1) is 48.9 Å². The third kappa shape index (κ3) is 6.21. The predicted molar refractivity (Wildman–Crippen MR) is 166 cm³/mol. The number of hydrogen-bond donors (Lipinski definition) is 3. The number of rotatable bonds is 10. The molecule has 1 aromatic carbocycles. The SMILES string of the molecule is [B]c1c(OC)c(C)c(NC(=O)c2csc3c(Nc4cc(NCCN5CCOCC5)nc(C)n4)ncnc23)c(Cl)c1OC. The number of morpholine rings is 1. The first-order chi connectivity index (χ1) is 20.3. The molecule has 0 spiro atoms. The number of anilines is 4. The number of aryl methyl sites for hydroxylation is 1. The van der Waals surface area contributed by atoms with Crippen LogP contribution >= 0.6 is 22.9 Å². The normalized spacial score (nSPS) is 13.6. The standard InChI is InChI=1S/C27H30BClN8O4S/c1-14-21(20(29)24(40-4)19(28)23(14)39-3)36-27(38)16-12-42-25-22(16)31-13-32-26(25)35-18-11-17(33-15(2)34-18)30-5-6-37-7-9-41-10-8-37/h11-13H,5-10H2,1-4H3,(H,36,38)(H2,30,31,32,33,34,35). The monoisotopic (exact) mass is 608 g/mol. The molecule has 0 aliphatic carbocycles. The van der Waals surface area contributed by atoms with Crippen molar-refractivity contribution >= 4 is 75.5 Å². The van der Waals surface area contributed by atoms with E-state index in [4.69, 9.17) is 33.7 Å². The largest absolute Gasteiger partial charge is 0.497 e. The first-order valence-corrected chi connectivity index (χ1v) is 14.5. The Labute approximate surface area is 253 Å². The van der Waals surface area contributed by atoms with Crippen molar-refractivity contribution in [1.82, 2.24) is 24.8 Å². The van der Waals surface area contributed by atoms with Crippen LogP contribution in [0.4, 0.5) is 23.1 Å². The van der Waals surface area contributed by atoms with Crippen LogP contribution in [-0.2, 0) is 4.74 Å². The molecule has 2 radical (unpaired) electrons. The zero-order valence-electron chi connectivity index (χ0n) is 23.7. The fraction of sp³-hybridized carbons (Fsp3) is 0.370. The topological polar surface area (TPSA) is 136 Å². The molecule has 4 heterocycles. The van der Waals surface area contributed by atoms with Gasteiger partial charge in [-0.2, -0.15) is 0 Å². The van der Waals surface area contributed by atoms with Crippen molar-refractivity contribution in [1.29, 1.82) is 0 Å². The number of methoxy groups -OCH3 is 2. The molecule has 1 aliphatic rings. The van der Waals surface area contributed by atoms with E-state index >= 15 is 0 Å². The van der Waals surface area contributed by atoms with Gasteiger partial charge >= 0.3 is 0 Å². The second-order valence-electron chi connectivity index (χ2n) is 9.49. The fourth-order valence-corrected chi connectivity index (χ4v) is 6.03. The van der Waals surface area contributed by atoms with E-state index in [1.807, 2.05) is 13.0 Å². The molecule has 1 amide bonds. The summed E-state index contributed by atoms with van der Waals surface area (Å²) in [4.78, 5) is 33.6. The van der Waals surface area contributed by atoms with E-state index in [2.05, 4.69) is 40.8 Å². The third-order valence-corrected chi connectivity index (χ3v) is 8.13. The molecular weight excluding hydrogens is 579 g/mol. The van der Waals surface area contributed by atoms with Gasteiger partial charge < -0.3 is 30.2 Å². The molecule has 0 saturated carbocycles. The number of amides is 1. The first-order valence-electron chi connectivity index (χ1n) is 13.2. The summed E-state index contributed by atoms with van der Waals surface area (Å²) < 4.78 is 16.9. The van der Waals surface area contributed by atoms with E-state index in [-0.39, 0.29) is 16.2 Å². The number of carbonyl (C=O) groups is 1. The minimum absolute atomic E-state index is 0.173. The van der Waals surface area contributed by atoms with E-state index < -0.39 is 5.91 Å². The zero-order valence-corrected chi connectivity index (χ0v) is 25.3. The number of hydrogen-bond acceptors (Lipinski definition) is 12. The highest BCUT2D eigenvalue weighted by Gasteiger charge is 2.23. The van der Waals surface area contributed by atoms with Gasteiger partial charge in [0, 0.05) is 43.2 Å². The number of ether oxygens (including phenoxy) is 3. The van der Waals surface area contributed by atoms with Gasteiger partial charge in [-0.3, -0.25) is 9.69 Å². The van der Waals surface area contributed by atoms with E-state index in [1.165, 1.54) is 31.9 Å². The molecule has 0 bridgehead atoms. The number of benzene rings is 1. The average molecular weight is 609 g/mol. The summed E-state index contributed by atoms with van der Waals surface area (Å²) in [7, 11) is 9.07. The average Bonchev–Trinajstić information content (AvgIpc) is 3.42. The summed E-state index contributed by atoms with van der Waals surface area (Å²) in [5, 5.41) is 11.4. The van der Waals surface area contributed by atoms with Crippen molar-refractivity contribution in [2.24, 2.45) is 0 Å². The van der Waals surface area contributed by atoms with Gasteiger partial charge in [0.2, 0.25) is 0 Å². The lowest BCUT2D eigenvalue weighted by molar-refractivity contribution is 0.0398. The van der Waals surface area contributed by atoms with Crippen LogP contribution in [0, 0.1) is 13.8 Å². The minimum Gasteiger partial charge on any atom is -0.497 e. The van der Waals surface area contributed by atoms with Gasteiger partial charge in [0.25, 0.3) is 5.91 Å². The van der Waals surface area contributed by atoms with Crippen LogP contribution in [0.15, 0.2) is 17.8 Å². The maximum atomic E-state index is 13.5. The van der Waals surface area contributed by atoms with Gasteiger partial charge in [0.15, 0.2) is 5.82 Å². The zero-order chi connectivity index (χ0) is 29.8. The molecule has 1 aliphatic heterocycles. The number of aromatic nitrogens is 4. The highest BCUT2D eigenvalue weighted by Crippen LogP contribution is 2.39. The first kappa shape index (κ1) is 29.8. The van der Waals surface area contributed by atoms with Crippen molar-refractivity contribution < 1.29 is 19.0 Å². The molecule has 3 N–H and O–H groups in total. The fourth-order valence-electron chi connectivity index (χ4n) is 4.72. The van der Waals surface area contributed by atoms with Crippen LogP contribution in [0.25, 0.3) is 10.2 Å². The highest BCUT2D eigenvalue weighted by atomic mass is 35.5. The molecule has 1 fully saturated rings. The summed E-state index contributed by atoms with van der Waals surface area (Å²) in [5.74, 6) is 2.57. The maximum absolute atomic E-state index is 13.5. The maximum Gasteiger partial charge on any atom is 0.258 e. The quantitative estimate of drug-likeness (QED) is 0.229. The Hall–Kier alpha value is -3.72. The molecule has 12 nitrogen and oxygen atoms in total. The number of thiophene rings is 1. The second kappa shape index (κ2) is 13.1. The highest BCUT2D eigenvalue weighted by molar-refractivity contribution is 7.18. The van der Waals surface area contributed by atoms with Crippen molar-refractivity contribution in [3.8, 4) is 11.5 Å². The molecule has 218 valence electrons. The molecule has 42 heavy (non-hydrogen) atoms. The minimum atomic E-state index is -0.408. The lowest BCUT2D eigenvalue weighted by Gasteiger charge is -2.26. The molecule has 3 aromatic heterocycles. The molecular formula is C27H30BClN8O4S. The number of carbonyl (C=O) groups excluding carboxylic acids is 1. The van der Waals surface area contributed by atoms with Gasteiger partial charge in [0.1, 0.15) is 48.2 Å². The van der Waals surface area contributed by atoms with Crippen molar-refractivity contribution in [3.05, 3.63) is 39.7 Å². The Balaban J connectivity index is 1.35. The van der Waals surface area contributed by atoms with Crippen molar-refractivity contribution in [2.75, 3.05) is 69.6 Å². The summed E-state index contributed by atoms with van der Waals surface area (Å²) in [6, 6.07) is 1.83. The summed E-state index contributed by atoms with van der Waals surface area (Å²) >= 11 is 7.89. The molecule has 15 heteroatoms. The summed E-state index contributed by atoms with van der Waals surface area (Å²) in [5.41, 5.74) is 1.99. The second-order valence-corrected chi connectivity index (χ2v) is 10.7. The molecule has 5 rings (SSSR count). The van der Waals surface area contributed by atoms with E-state index in [0.717, 1.165) is 39.4 Å². The van der Waals surface area contributed by atoms with Gasteiger partial charge in [-0.05, 0) is 19.3 Å². The van der Waals surface area contributed by atoms with Gasteiger partial charge in [-0.1, -0.05) is 11.6 Å². The molecule has 0 unspecified atom stereocenters. The van der Waals surface area contributed by atoms with Crippen LogP contribution in [-0.4, -0.2) is 92.2 Å². The van der Waals surface area contributed by atoms with E-state index in [1.54, 1.807) is 12.3 Å². The lowest BCUT2D eigenvalue weighted by Crippen LogP contribution is -2.39. The Kier molecular flexibility index (Phi) is 9.26.